The molecule has 0 saturated heterocycles. The fourth-order valence-corrected chi connectivity index (χ4v) is 2.10. The minimum absolute atomic E-state index is 0.166. The summed E-state index contributed by atoms with van der Waals surface area (Å²) in [5.41, 5.74) is 4.76. The average molecular weight is 383 g/mol. The lowest BCUT2D eigenvalue weighted by Gasteiger charge is -2.13. The summed E-state index contributed by atoms with van der Waals surface area (Å²) in [7, 11) is 0. The van der Waals surface area contributed by atoms with Crippen LogP contribution < -0.4 is 10.9 Å². The van der Waals surface area contributed by atoms with Gasteiger partial charge in [-0.25, -0.2) is 4.79 Å². The predicted molar refractivity (Wildman–Crippen MR) is 99.7 cm³/mol. The standard InChI is InChI=1S/C19H17N3O6/c1-13(18(24)20-21-19(25)15-8-3-2-4-9-15)28-17(23)12-11-14-7-5-6-10-16(14)22(26)27/h2-13H,1H3,(H,20,24)(H,21,25)/b12-11+/t13-/m0/s1. The Morgan fingerprint density at radius 1 is 1.04 bits per heavy atom. The SMILES string of the molecule is C[C@H](OC(=O)/C=C/c1ccccc1[N+](=O)[O-])C(=O)NNC(=O)c1ccccc1. The van der Waals surface area contributed by atoms with E-state index in [1.807, 2.05) is 0 Å². The highest BCUT2D eigenvalue weighted by molar-refractivity contribution is 5.96. The lowest BCUT2D eigenvalue weighted by atomic mass is 10.1. The van der Waals surface area contributed by atoms with Crippen molar-refractivity contribution in [1.82, 2.24) is 10.9 Å². The normalized spacial score (nSPS) is 11.5. The summed E-state index contributed by atoms with van der Waals surface area (Å²) < 4.78 is 4.91. The number of amides is 2. The van der Waals surface area contributed by atoms with E-state index in [0.717, 1.165) is 6.08 Å². The van der Waals surface area contributed by atoms with Crippen molar-refractivity contribution in [2.24, 2.45) is 0 Å². The molecule has 144 valence electrons. The number of hydrazine groups is 1. The van der Waals surface area contributed by atoms with E-state index in [1.54, 1.807) is 36.4 Å². The average Bonchev–Trinajstić information content (AvgIpc) is 2.70. The van der Waals surface area contributed by atoms with Crippen LogP contribution in [0.2, 0.25) is 0 Å². The number of nitrogens with one attached hydrogen (secondary N) is 2. The van der Waals surface area contributed by atoms with E-state index in [9.17, 15) is 24.5 Å². The molecular formula is C19H17N3O6. The van der Waals surface area contributed by atoms with Crippen LogP contribution in [0.15, 0.2) is 60.7 Å². The maximum Gasteiger partial charge on any atom is 0.331 e. The molecule has 0 spiro atoms. The fraction of sp³-hybridized carbons (Fsp3) is 0.105. The minimum Gasteiger partial charge on any atom is -0.449 e. The monoisotopic (exact) mass is 383 g/mol. The second-order valence-electron chi connectivity index (χ2n) is 5.54. The van der Waals surface area contributed by atoms with Crippen LogP contribution in [0.4, 0.5) is 5.69 Å². The van der Waals surface area contributed by atoms with Crippen molar-refractivity contribution in [3.8, 4) is 0 Å². The van der Waals surface area contributed by atoms with Gasteiger partial charge in [0.2, 0.25) is 0 Å². The molecule has 0 fully saturated rings. The van der Waals surface area contributed by atoms with Gasteiger partial charge in [0.05, 0.1) is 10.5 Å². The first-order chi connectivity index (χ1) is 13.4. The first-order valence-corrected chi connectivity index (χ1v) is 8.16. The zero-order valence-electron chi connectivity index (χ0n) is 14.8. The van der Waals surface area contributed by atoms with E-state index in [1.165, 1.54) is 31.2 Å². The van der Waals surface area contributed by atoms with Crippen molar-refractivity contribution in [1.29, 1.82) is 0 Å². The van der Waals surface area contributed by atoms with Crippen molar-refractivity contribution in [3.05, 3.63) is 81.9 Å². The minimum atomic E-state index is -1.20. The van der Waals surface area contributed by atoms with Crippen LogP contribution in [-0.4, -0.2) is 28.8 Å². The van der Waals surface area contributed by atoms with Gasteiger partial charge in [-0.15, -0.1) is 0 Å². The third-order valence-corrected chi connectivity index (χ3v) is 3.53. The van der Waals surface area contributed by atoms with E-state index in [2.05, 4.69) is 10.9 Å². The van der Waals surface area contributed by atoms with Crippen molar-refractivity contribution in [2.45, 2.75) is 13.0 Å². The number of ether oxygens (including phenoxy) is 1. The third kappa shape index (κ3) is 5.77. The van der Waals surface area contributed by atoms with Crippen LogP contribution in [0.5, 0.6) is 0 Å². The second-order valence-corrected chi connectivity index (χ2v) is 5.54. The van der Waals surface area contributed by atoms with Crippen LogP contribution in [0.25, 0.3) is 6.08 Å². The number of benzene rings is 2. The molecule has 1 atom stereocenters. The summed E-state index contributed by atoms with van der Waals surface area (Å²) in [6, 6.07) is 14.1. The fourth-order valence-electron chi connectivity index (χ4n) is 2.10. The van der Waals surface area contributed by atoms with Crippen LogP contribution >= 0.6 is 0 Å². The Bertz CT molecular complexity index is 911. The van der Waals surface area contributed by atoms with E-state index >= 15 is 0 Å². The van der Waals surface area contributed by atoms with Gasteiger partial charge in [0.1, 0.15) is 0 Å². The van der Waals surface area contributed by atoms with Crippen molar-refractivity contribution < 1.29 is 24.0 Å². The number of nitro groups is 1. The molecule has 0 aliphatic rings. The van der Waals surface area contributed by atoms with Gasteiger partial charge in [-0.2, -0.15) is 0 Å². The lowest BCUT2D eigenvalue weighted by Crippen LogP contribution is -2.46. The Balaban J connectivity index is 1.87. The highest BCUT2D eigenvalue weighted by atomic mass is 16.6. The second kappa shape index (κ2) is 9.62. The number of nitrogens with zero attached hydrogens (tertiary/aromatic N) is 1. The number of esters is 1. The molecule has 0 radical (unpaired) electrons. The summed E-state index contributed by atoms with van der Waals surface area (Å²) in [6.45, 7) is 1.32. The van der Waals surface area contributed by atoms with E-state index in [4.69, 9.17) is 4.74 Å². The zero-order valence-corrected chi connectivity index (χ0v) is 14.8. The zero-order chi connectivity index (χ0) is 20.5. The van der Waals surface area contributed by atoms with E-state index in [0.29, 0.717) is 5.56 Å². The molecule has 0 heterocycles. The Kier molecular flexibility index (Phi) is 6.98. The Morgan fingerprint density at radius 2 is 1.68 bits per heavy atom. The van der Waals surface area contributed by atoms with Gasteiger partial charge in [-0.05, 0) is 31.2 Å². The van der Waals surface area contributed by atoms with Crippen LogP contribution in [0.3, 0.4) is 0 Å². The molecule has 9 heteroatoms. The number of carbonyl (C=O) groups is 3. The molecule has 2 amide bonds. The molecule has 0 aliphatic carbocycles. The number of para-hydroxylation sites is 1. The van der Waals surface area contributed by atoms with Gasteiger partial charge in [-0.1, -0.05) is 30.3 Å². The molecular weight excluding hydrogens is 366 g/mol. The van der Waals surface area contributed by atoms with Crippen molar-refractivity contribution >= 4 is 29.5 Å². The first kappa shape index (κ1) is 20.3. The highest BCUT2D eigenvalue weighted by Crippen LogP contribution is 2.18. The van der Waals surface area contributed by atoms with Crippen LogP contribution in [-0.2, 0) is 14.3 Å². The maximum atomic E-state index is 11.9. The molecule has 28 heavy (non-hydrogen) atoms. The molecule has 2 aromatic carbocycles. The quantitative estimate of drug-likeness (QED) is 0.340. The van der Waals surface area contributed by atoms with E-state index in [-0.39, 0.29) is 11.3 Å². The van der Waals surface area contributed by atoms with Crippen molar-refractivity contribution in [3.63, 3.8) is 0 Å². The van der Waals surface area contributed by atoms with Crippen molar-refractivity contribution in [2.75, 3.05) is 0 Å². The molecule has 0 aromatic heterocycles. The van der Waals surface area contributed by atoms with Crippen LogP contribution in [0, 0.1) is 10.1 Å². The molecule has 9 nitrogen and oxygen atoms in total. The predicted octanol–water partition coefficient (Wildman–Crippen LogP) is 2.00. The smallest absolute Gasteiger partial charge is 0.331 e. The largest absolute Gasteiger partial charge is 0.449 e. The number of rotatable bonds is 6. The van der Waals surface area contributed by atoms with Gasteiger partial charge in [0.25, 0.3) is 17.5 Å². The number of nitro benzene ring substituents is 1. The number of hydrogen-bond donors (Lipinski definition) is 2. The number of hydrogen-bond acceptors (Lipinski definition) is 6. The Morgan fingerprint density at radius 3 is 2.36 bits per heavy atom. The lowest BCUT2D eigenvalue weighted by molar-refractivity contribution is -0.385. The molecule has 2 N–H and O–H groups in total. The van der Waals surface area contributed by atoms with Gasteiger partial charge in [-0.3, -0.25) is 30.6 Å². The molecule has 2 rings (SSSR count). The van der Waals surface area contributed by atoms with Gasteiger partial charge >= 0.3 is 5.97 Å². The molecule has 0 aliphatic heterocycles. The van der Waals surface area contributed by atoms with Gasteiger partial charge in [0.15, 0.2) is 6.10 Å². The third-order valence-electron chi connectivity index (χ3n) is 3.53. The number of carbonyl (C=O) groups excluding carboxylic acids is 3. The molecule has 0 unspecified atom stereocenters. The molecule has 0 saturated carbocycles. The first-order valence-electron chi connectivity index (χ1n) is 8.16. The van der Waals surface area contributed by atoms with Gasteiger partial charge in [0, 0.05) is 17.7 Å². The summed E-state index contributed by atoms with van der Waals surface area (Å²) in [5.74, 6) is -2.13. The van der Waals surface area contributed by atoms with Gasteiger partial charge < -0.3 is 4.74 Å². The summed E-state index contributed by atoms with van der Waals surface area (Å²) in [6.07, 6.45) is 1.01. The Hall–Kier alpha value is -4.01. The summed E-state index contributed by atoms with van der Waals surface area (Å²) in [5, 5.41) is 10.9. The maximum absolute atomic E-state index is 11.9. The Labute approximate surface area is 160 Å². The summed E-state index contributed by atoms with van der Waals surface area (Å²) >= 11 is 0. The topological polar surface area (TPSA) is 128 Å². The molecule has 2 aromatic rings. The highest BCUT2D eigenvalue weighted by Gasteiger charge is 2.18. The summed E-state index contributed by atoms with van der Waals surface area (Å²) in [4.78, 5) is 45.9. The molecule has 0 bridgehead atoms. The van der Waals surface area contributed by atoms with Crippen LogP contribution in [0.1, 0.15) is 22.8 Å². The van der Waals surface area contributed by atoms with E-state index < -0.39 is 28.8 Å².